The predicted molar refractivity (Wildman–Crippen MR) is 88.3 cm³/mol. The van der Waals surface area contributed by atoms with Gasteiger partial charge in [-0.05, 0) is 46.0 Å². The summed E-state index contributed by atoms with van der Waals surface area (Å²) in [6.45, 7) is 7.77. The first-order chi connectivity index (χ1) is 11.1. The first kappa shape index (κ1) is 16.3. The summed E-state index contributed by atoms with van der Waals surface area (Å²) in [5, 5.41) is 10.5. The van der Waals surface area contributed by atoms with Gasteiger partial charge in [-0.15, -0.1) is 0 Å². The molecule has 0 bridgehead atoms. The summed E-state index contributed by atoms with van der Waals surface area (Å²) in [5.74, 6) is 0. The molecule has 3 heterocycles. The van der Waals surface area contributed by atoms with Crippen molar-refractivity contribution < 1.29 is 9.53 Å². The molecular formula is C17H28N4O2. The highest BCUT2D eigenvalue weighted by Gasteiger charge is 2.35. The molecular weight excluding hydrogens is 292 g/mol. The first-order valence-electron chi connectivity index (χ1n) is 8.82. The van der Waals surface area contributed by atoms with Crippen molar-refractivity contribution in [1.29, 1.82) is 0 Å². The number of amides is 2. The van der Waals surface area contributed by atoms with Gasteiger partial charge in [0.2, 0.25) is 0 Å². The van der Waals surface area contributed by atoms with Crippen LogP contribution in [0, 0.1) is 13.8 Å². The lowest BCUT2D eigenvalue weighted by molar-refractivity contribution is 0.0765. The van der Waals surface area contributed by atoms with Crippen LogP contribution in [0.3, 0.4) is 0 Å². The van der Waals surface area contributed by atoms with Crippen LogP contribution in [0.4, 0.5) is 4.79 Å². The van der Waals surface area contributed by atoms with Crippen LogP contribution in [-0.2, 0) is 4.74 Å². The summed E-state index contributed by atoms with van der Waals surface area (Å²) in [6.07, 6.45) is 5.25. The summed E-state index contributed by atoms with van der Waals surface area (Å²) >= 11 is 0. The Kier molecular flexibility index (Phi) is 4.90. The number of urea groups is 1. The Morgan fingerprint density at radius 2 is 2.26 bits per heavy atom. The Hall–Kier alpha value is -1.56. The van der Waals surface area contributed by atoms with E-state index in [2.05, 4.69) is 22.4 Å². The molecule has 0 saturated carbocycles. The van der Waals surface area contributed by atoms with E-state index in [0.717, 1.165) is 56.6 Å². The Morgan fingerprint density at radius 3 is 2.87 bits per heavy atom. The Balaban J connectivity index is 1.70. The van der Waals surface area contributed by atoms with Gasteiger partial charge in [0.1, 0.15) is 0 Å². The Labute approximate surface area is 138 Å². The predicted octanol–water partition coefficient (Wildman–Crippen LogP) is 2.83. The topological polar surface area (TPSA) is 70.2 Å². The van der Waals surface area contributed by atoms with Gasteiger partial charge in [0, 0.05) is 24.4 Å². The number of hydrogen-bond acceptors (Lipinski definition) is 3. The quantitative estimate of drug-likeness (QED) is 0.896. The van der Waals surface area contributed by atoms with E-state index in [4.69, 9.17) is 4.74 Å². The number of aryl methyl sites for hydroxylation is 2. The highest BCUT2D eigenvalue weighted by atomic mass is 16.5. The summed E-state index contributed by atoms with van der Waals surface area (Å²) in [6, 6.07) is 0.281. The number of H-pyrrole nitrogens is 1. The molecule has 2 amide bonds. The Morgan fingerprint density at radius 1 is 1.43 bits per heavy atom. The second kappa shape index (κ2) is 6.91. The Bertz CT molecular complexity index is 531. The van der Waals surface area contributed by atoms with Gasteiger partial charge in [0.25, 0.3) is 0 Å². The minimum absolute atomic E-state index is 0.0369. The van der Waals surface area contributed by atoms with Crippen molar-refractivity contribution >= 4 is 6.03 Å². The maximum Gasteiger partial charge on any atom is 0.318 e. The molecule has 0 aliphatic carbocycles. The summed E-state index contributed by atoms with van der Waals surface area (Å²) in [4.78, 5) is 14.8. The normalized spacial score (nSPS) is 25.8. The fraction of sp³-hybridized carbons (Fsp3) is 0.765. The lowest BCUT2D eigenvalue weighted by Gasteiger charge is -2.30. The van der Waals surface area contributed by atoms with Crippen LogP contribution in [-0.4, -0.2) is 46.4 Å². The maximum atomic E-state index is 12.8. The number of nitrogens with one attached hydrogen (secondary N) is 2. The maximum absolute atomic E-state index is 12.8. The molecule has 0 unspecified atom stereocenters. The number of aromatic amines is 1. The molecule has 1 aromatic heterocycles. The minimum atomic E-state index is 0.0369. The van der Waals surface area contributed by atoms with Crippen molar-refractivity contribution in [3.05, 3.63) is 17.0 Å². The molecule has 2 aliphatic heterocycles. The van der Waals surface area contributed by atoms with Crippen LogP contribution in [0.25, 0.3) is 0 Å². The van der Waals surface area contributed by atoms with Crippen molar-refractivity contribution in [2.45, 2.75) is 71.1 Å². The van der Waals surface area contributed by atoms with Crippen molar-refractivity contribution in [2.24, 2.45) is 0 Å². The smallest absolute Gasteiger partial charge is 0.318 e. The van der Waals surface area contributed by atoms with Crippen LogP contribution < -0.4 is 5.32 Å². The van der Waals surface area contributed by atoms with Crippen molar-refractivity contribution in [1.82, 2.24) is 20.4 Å². The van der Waals surface area contributed by atoms with E-state index in [0.29, 0.717) is 0 Å². The molecule has 1 aromatic rings. The lowest BCUT2D eigenvalue weighted by Crippen LogP contribution is -2.48. The molecule has 23 heavy (non-hydrogen) atoms. The number of aromatic nitrogens is 2. The summed E-state index contributed by atoms with van der Waals surface area (Å²) < 4.78 is 5.76. The molecule has 2 aliphatic rings. The zero-order chi connectivity index (χ0) is 16.4. The van der Waals surface area contributed by atoms with Gasteiger partial charge in [0.05, 0.1) is 23.9 Å². The fourth-order valence-electron chi connectivity index (χ4n) is 3.98. The first-order valence-corrected chi connectivity index (χ1v) is 8.82. The largest absolute Gasteiger partial charge is 0.376 e. The average Bonchev–Trinajstić information content (AvgIpc) is 3.26. The molecule has 128 valence electrons. The average molecular weight is 320 g/mol. The molecule has 2 N–H and O–H groups in total. The fourth-order valence-corrected chi connectivity index (χ4v) is 3.98. The summed E-state index contributed by atoms with van der Waals surface area (Å²) in [7, 11) is 0. The van der Waals surface area contributed by atoms with E-state index >= 15 is 0 Å². The highest BCUT2D eigenvalue weighted by molar-refractivity contribution is 5.75. The zero-order valence-corrected chi connectivity index (χ0v) is 14.4. The van der Waals surface area contributed by atoms with Crippen LogP contribution in [0.2, 0.25) is 0 Å². The molecule has 6 nitrogen and oxygen atoms in total. The minimum Gasteiger partial charge on any atom is -0.376 e. The van der Waals surface area contributed by atoms with Gasteiger partial charge >= 0.3 is 6.03 Å². The van der Waals surface area contributed by atoms with Gasteiger partial charge in [-0.2, -0.15) is 5.10 Å². The number of nitrogens with zero attached hydrogens (tertiary/aromatic N) is 2. The lowest BCUT2D eigenvalue weighted by atomic mass is 10.0. The monoisotopic (exact) mass is 320 g/mol. The van der Waals surface area contributed by atoms with Crippen LogP contribution in [0.5, 0.6) is 0 Å². The van der Waals surface area contributed by atoms with Crippen LogP contribution in [0.15, 0.2) is 0 Å². The van der Waals surface area contributed by atoms with E-state index in [1.54, 1.807) is 0 Å². The third-order valence-electron chi connectivity index (χ3n) is 5.19. The van der Waals surface area contributed by atoms with Crippen molar-refractivity contribution in [3.63, 3.8) is 0 Å². The van der Waals surface area contributed by atoms with Crippen LogP contribution in [0.1, 0.15) is 62.0 Å². The number of likely N-dealkylation sites (tertiary alicyclic amines) is 1. The van der Waals surface area contributed by atoms with Crippen molar-refractivity contribution in [2.75, 3.05) is 13.2 Å². The molecule has 3 rings (SSSR count). The zero-order valence-electron chi connectivity index (χ0n) is 14.4. The van der Waals surface area contributed by atoms with E-state index in [1.165, 1.54) is 5.56 Å². The van der Waals surface area contributed by atoms with Crippen molar-refractivity contribution in [3.8, 4) is 0 Å². The number of rotatable bonds is 4. The summed E-state index contributed by atoms with van der Waals surface area (Å²) in [5.41, 5.74) is 3.25. The molecule has 0 aromatic carbocycles. The third-order valence-corrected chi connectivity index (χ3v) is 5.19. The van der Waals surface area contributed by atoms with E-state index in [1.807, 2.05) is 18.7 Å². The van der Waals surface area contributed by atoms with E-state index < -0.39 is 0 Å². The molecule has 0 radical (unpaired) electrons. The highest BCUT2D eigenvalue weighted by Crippen LogP contribution is 2.35. The molecule has 3 atom stereocenters. The number of carbonyl (C=O) groups is 1. The number of ether oxygens (including phenoxy) is 1. The molecule has 0 spiro atoms. The van der Waals surface area contributed by atoms with Gasteiger partial charge in [-0.3, -0.25) is 5.10 Å². The van der Waals surface area contributed by atoms with Gasteiger partial charge in [-0.25, -0.2) is 4.79 Å². The SMILES string of the molecule is CC[C@H](NC(=O)N1CCC[C@H]1c1c(C)n[nH]c1C)[C@H]1CCCO1. The van der Waals surface area contributed by atoms with E-state index in [-0.39, 0.29) is 24.2 Å². The molecule has 2 fully saturated rings. The molecule has 2 saturated heterocycles. The van der Waals surface area contributed by atoms with Gasteiger partial charge in [-0.1, -0.05) is 6.92 Å². The number of carbonyl (C=O) groups excluding carboxylic acids is 1. The van der Waals surface area contributed by atoms with Gasteiger partial charge in [0.15, 0.2) is 0 Å². The molecule has 6 heteroatoms. The standard InChI is InChI=1S/C17H28N4O2/c1-4-13(15-8-6-10-23-15)18-17(22)21-9-5-7-14(21)16-11(2)19-20-12(16)3/h13-15H,4-10H2,1-3H3,(H,18,22)(H,19,20)/t13-,14-,15+/m0/s1. The third kappa shape index (κ3) is 3.22. The second-order valence-electron chi connectivity index (χ2n) is 6.71. The number of hydrogen-bond donors (Lipinski definition) is 2. The van der Waals surface area contributed by atoms with Gasteiger partial charge < -0.3 is 15.0 Å². The van der Waals surface area contributed by atoms with E-state index in [9.17, 15) is 4.79 Å². The van der Waals surface area contributed by atoms with Crippen LogP contribution >= 0.6 is 0 Å². The second-order valence-corrected chi connectivity index (χ2v) is 6.71.